The molecule has 6 nitrogen and oxygen atoms in total. The molecule has 1 aliphatic carbocycles. The van der Waals surface area contributed by atoms with Gasteiger partial charge in [0, 0.05) is 50.2 Å². The Bertz CT molecular complexity index is 477. The Morgan fingerprint density at radius 1 is 1.15 bits per heavy atom. The first kappa shape index (κ1) is 22.0. The summed E-state index contributed by atoms with van der Waals surface area (Å²) < 4.78 is 0. The highest BCUT2D eigenvalue weighted by atomic mass is 16.2. The number of rotatable bonds is 8. The first-order chi connectivity index (χ1) is 12.9. The molecular weight excluding hydrogens is 338 g/mol. The van der Waals surface area contributed by atoms with E-state index in [0.29, 0.717) is 24.0 Å². The van der Waals surface area contributed by atoms with Crippen molar-refractivity contribution in [3.8, 4) is 0 Å². The molecule has 1 amide bonds. The first-order valence-corrected chi connectivity index (χ1v) is 11.0. The van der Waals surface area contributed by atoms with Crippen LogP contribution in [0.1, 0.15) is 66.7 Å². The van der Waals surface area contributed by atoms with Crippen molar-refractivity contribution < 1.29 is 4.79 Å². The largest absolute Gasteiger partial charge is 0.357 e. The number of carbonyl (C=O) groups is 1. The quantitative estimate of drug-likeness (QED) is 0.502. The molecule has 27 heavy (non-hydrogen) atoms. The summed E-state index contributed by atoms with van der Waals surface area (Å²) in [7, 11) is 0. The summed E-state index contributed by atoms with van der Waals surface area (Å²) in [5, 5.41) is 6.91. The number of hydrogen-bond donors (Lipinski definition) is 2. The molecule has 1 atom stereocenters. The highest BCUT2D eigenvalue weighted by molar-refractivity contribution is 5.81. The lowest BCUT2D eigenvalue weighted by Crippen LogP contribution is -2.46. The number of likely N-dealkylation sites (tertiary alicyclic amines) is 1. The van der Waals surface area contributed by atoms with E-state index >= 15 is 0 Å². The van der Waals surface area contributed by atoms with Gasteiger partial charge in [-0.25, -0.2) is 0 Å². The van der Waals surface area contributed by atoms with Crippen molar-refractivity contribution in [2.24, 2.45) is 10.9 Å². The number of carbonyl (C=O) groups excluding carboxylic acids is 1. The second kappa shape index (κ2) is 10.9. The van der Waals surface area contributed by atoms with Crippen LogP contribution in [0, 0.1) is 5.92 Å². The molecule has 1 aliphatic heterocycles. The van der Waals surface area contributed by atoms with Crippen molar-refractivity contribution in [3.05, 3.63) is 0 Å². The zero-order chi connectivity index (χ0) is 19.8. The highest BCUT2D eigenvalue weighted by Crippen LogP contribution is 2.27. The summed E-state index contributed by atoms with van der Waals surface area (Å²) in [6.07, 6.45) is 5.60. The topological polar surface area (TPSA) is 60.0 Å². The molecule has 0 aromatic carbocycles. The van der Waals surface area contributed by atoms with E-state index in [1.807, 2.05) is 0 Å². The predicted molar refractivity (Wildman–Crippen MR) is 113 cm³/mol. The Kier molecular flexibility index (Phi) is 8.87. The summed E-state index contributed by atoms with van der Waals surface area (Å²) in [5.41, 5.74) is 0. The van der Waals surface area contributed by atoms with Crippen LogP contribution in [0.25, 0.3) is 0 Å². The molecule has 0 spiro atoms. The van der Waals surface area contributed by atoms with Crippen LogP contribution in [0.2, 0.25) is 0 Å². The van der Waals surface area contributed by atoms with Crippen molar-refractivity contribution in [2.45, 2.75) is 84.8 Å². The third kappa shape index (κ3) is 6.66. The Hall–Kier alpha value is -1.30. The van der Waals surface area contributed by atoms with E-state index in [4.69, 9.17) is 4.99 Å². The number of amides is 1. The maximum absolute atomic E-state index is 12.6. The highest BCUT2D eigenvalue weighted by Gasteiger charge is 2.32. The Morgan fingerprint density at radius 3 is 2.41 bits per heavy atom. The SMILES string of the molecule is CCNC(=NCCN(C(C)C)C(C)C)NC1CCN(C(=O)C2CCCC2)C1. The van der Waals surface area contributed by atoms with Gasteiger partial charge < -0.3 is 15.5 Å². The van der Waals surface area contributed by atoms with Gasteiger partial charge in [0.2, 0.25) is 5.91 Å². The fraction of sp³-hybridized carbons (Fsp3) is 0.905. The predicted octanol–water partition coefficient (Wildman–Crippen LogP) is 2.45. The summed E-state index contributed by atoms with van der Waals surface area (Å²) in [5.74, 6) is 1.54. The molecule has 2 fully saturated rings. The van der Waals surface area contributed by atoms with Crippen LogP contribution in [-0.4, -0.2) is 72.5 Å². The van der Waals surface area contributed by atoms with E-state index in [9.17, 15) is 4.79 Å². The number of aliphatic imine (C=N–C) groups is 1. The van der Waals surface area contributed by atoms with Crippen LogP contribution in [0.3, 0.4) is 0 Å². The third-order valence-electron chi connectivity index (χ3n) is 5.84. The summed E-state index contributed by atoms with van der Waals surface area (Å²) in [6, 6.07) is 1.36. The van der Waals surface area contributed by atoms with Gasteiger partial charge in [-0.1, -0.05) is 12.8 Å². The standard InChI is InChI=1S/C21H41N5O/c1-6-22-21(23-12-14-26(16(2)3)17(4)5)24-19-11-13-25(15-19)20(27)18-9-7-8-10-18/h16-19H,6-15H2,1-5H3,(H2,22,23,24). The van der Waals surface area contributed by atoms with Crippen molar-refractivity contribution >= 4 is 11.9 Å². The molecule has 0 bridgehead atoms. The summed E-state index contributed by atoms with van der Waals surface area (Å²) in [6.45, 7) is 15.3. The minimum Gasteiger partial charge on any atom is -0.357 e. The van der Waals surface area contributed by atoms with E-state index < -0.39 is 0 Å². The van der Waals surface area contributed by atoms with Gasteiger partial charge >= 0.3 is 0 Å². The molecule has 1 saturated heterocycles. The van der Waals surface area contributed by atoms with Gasteiger partial charge in [0.15, 0.2) is 5.96 Å². The maximum atomic E-state index is 12.6. The van der Waals surface area contributed by atoms with E-state index in [2.05, 4.69) is 55.1 Å². The monoisotopic (exact) mass is 379 g/mol. The Morgan fingerprint density at radius 2 is 1.81 bits per heavy atom. The third-order valence-corrected chi connectivity index (χ3v) is 5.84. The molecule has 2 aliphatic rings. The number of guanidine groups is 1. The van der Waals surface area contributed by atoms with Gasteiger partial charge in [-0.15, -0.1) is 0 Å². The van der Waals surface area contributed by atoms with Crippen molar-refractivity contribution in [3.63, 3.8) is 0 Å². The van der Waals surface area contributed by atoms with Crippen LogP contribution in [0.5, 0.6) is 0 Å². The van der Waals surface area contributed by atoms with Gasteiger partial charge in [0.05, 0.1) is 6.54 Å². The van der Waals surface area contributed by atoms with Crippen molar-refractivity contribution in [1.29, 1.82) is 0 Å². The fourth-order valence-corrected chi connectivity index (χ4v) is 4.41. The molecule has 1 heterocycles. The van der Waals surface area contributed by atoms with Crippen molar-refractivity contribution in [1.82, 2.24) is 20.4 Å². The van der Waals surface area contributed by atoms with Gasteiger partial charge in [-0.2, -0.15) is 0 Å². The zero-order valence-corrected chi connectivity index (χ0v) is 18.1. The van der Waals surface area contributed by atoms with E-state index in [-0.39, 0.29) is 5.92 Å². The minimum absolute atomic E-state index is 0.281. The lowest BCUT2D eigenvalue weighted by atomic mass is 10.1. The van der Waals surface area contributed by atoms with Crippen LogP contribution in [0.4, 0.5) is 0 Å². The van der Waals surface area contributed by atoms with Crippen LogP contribution < -0.4 is 10.6 Å². The maximum Gasteiger partial charge on any atom is 0.225 e. The Balaban J connectivity index is 1.83. The van der Waals surface area contributed by atoms with Gasteiger partial charge in [0.25, 0.3) is 0 Å². The summed E-state index contributed by atoms with van der Waals surface area (Å²) >= 11 is 0. The number of nitrogens with one attached hydrogen (secondary N) is 2. The molecule has 0 radical (unpaired) electrons. The molecule has 0 aromatic rings. The second-order valence-electron chi connectivity index (χ2n) is 8.58. The number of nitrogens with zero attached hydrogens (tertiary/aromatic N) is 3. The Labute approximate surface area is 166 Å². The van der Waals surface area contributed by atoms with E-state index in [0.717, 1.165) is 57.9 Å². The lowest BCUT2D eigenvalue weighted by Gasteiger charge is -2.30. The second-order valence-corrected chi connectivity index (χ2v) is 8.58. The number of hydrogen-bond acceptors (Lipinski definition) is 3. The molecular formula is C21H41N5O. The van der Waals surface area contributed by atoms with Gasteiger partial charge in [-0.3, -0.25) is 14.7 Å². The fourth-order valence-electron chi connectivity index (χ4n) is 4.41. The normalized spacial score (nSPS) is 21.7. The molecule has 156 valence electrons. The molecule has 2 rings (SSSR count). The smallest absolute Gasteiger partial charge is 0.225 e. The van der Waals surface area contributed by atoms with Crippen LogP contribution >= 0.6 is 0 Å². The van der Waals surface area contributed by atoms with Gasteiger partial charge in [-0.05, 0) is 53.9 Å². The minimum atomic E-state index is 0.281. The molecule has 6 heteroatoms. The average molecular weight is 380 g/mol. The van der Waals surface area contributed by atoms with Crippen LogP contribution in [-0.2, 0) is 4.79 Å². The molecule has 1 unspecified atom stereocenters. The zero-order valence-electron chi connectivity index (χ0n) is 18.1. The van der Waals surface area contributed by atoms with Crippen LogP contribution in [0.15, 0.2) is 4.99 Å². The van der Waals surface area contributed by atoms with E-state index in [1.54, 1.807) is 0 Å². The lowest BCUT2D eigenvalue weighted by molar-refractivity contribution is -0.134. The summed E-state index contributed by atoms with van der Waals surface area (Å²) in [4.78, 5) is 21.9. The molecule has 2 N–H and O–H groups in total. The van der Waals surface area contributed by atoms with Gasteiger partial charge in [0.1, 0.15) is 0 Å². The average Bonchev–Trinajstić information content (AvgIpc) is 3.29. The van der Waals surface area contributed by atoms with E-state index in [1.165, 1.54) is 12.8 Å². The molecule has 0 aromatic heterocycles. The van der Waals surface area contributed by atoms with Crippen molar-refractivity contribution in [2.75, 3.05) is 32.7 Å². The first-order valence-electron chi connectivity index (χ1n) is 11.0. The molecule has 1 saturated carbocycles.